The van der Waals surface area contributed by atoms with Crippen LogP contribution >= 0.6 is 0 Å². The number of hydrogen-bond acceptors (Lipinski definition) is 2. The molecule has 2 N–H and O–H groups in total. The summed E-state index contributed by atoms with van der Waals surface area (Å²) in [6.07, 6.45) is 0.262. The Kier molecular flexibility index (Phi) is 1.86. The van der Waals surface area contributed by atoms with Gasteiger partial charge in [-0.1, -0.05) is 13.8 Å². The fourth-order valence-corrected chi connectivity index (χ4v) is 1.76. The molecule has 0 aromatic rings. The van der Waals surface area contributed by atoms with E-state index < -0.39 is 29.2 Å². The van der Waals surface area contributed by atoms with Gasteiger partial charge in [0.2, 0.25) is 0 Å². The largest absolute Gasteiger partial charge is 0.481 e. The third-order valence-electron chi connectivity index (χ3n) is 2.86. The van der Waals surface area contributed by atoms with Crippen molar-refractivity contribution in [1.82, 2.24) is 0 Å². The van der Waals surface area contributed by atoms with Crippen LogP contribution in [-0.4, -0.2) is 22.2 Å². The summed E-state index contributed by atoms with van der Waals surface area (Å²) in [5, 5.41) is 17.4. The number of aliphatic carboxylic acids is 2. The lowest BCUT2D eigenvalue weighted by atomic mass is 9.55. The van der Waals surface area contributed by atoms with E-state index in [9.17, 15) is 9.59 Å². The van der Waals surface area contributed by atoms with Crippen molar-refractivity contribution in [3.05, 3.63) is 0 Å². The zero-order chi connectivity index (χ0) is 9.52. The lowest BCUT2D eigenvalue weighted by molar-refractivity contribution is -0.171. The lowest BCUT2D eigenvalue weighted by Gasteiger charge is -2.47. The minimum Gasteiger partial charge on any atom is -0.481 e. The fraction of sp³-hybridized carbons (Fsp3) is 0.750. The van der Waals surface area contributed by atoms with Crippen LogP contribution in [0.15, 0.2) is 0 Å². The summed E-state index contributed by atoms with van der Waals surface area (Å²) in [5.41, 5.74) is -0.600. The summed E-state index contributed by atoms with van der Waals surface area (Å²) < 4.78 is 0. The maximum atomic E-state index is 10.6. The number of carboxylic acid groups (broad SMARTS) is 2. The minimum atomic E-state index is -0.891. The molecule has 0 bridgehead atoms. The van der Waals surface area contributed by atoms with Crippen LogP contribution in [0.2, 0.25) is 0 Å². The van der Waals surface area contributed by atoms with Gasteiger partial charge in [0, 0.05) is 0 Å². The first-order valence-electron chi connectivity index (χ1n) is 3.83. The molecule has 1 aliphatic carbocycles. The second kappa shape index (κ2) is 2.47. The Hall–Kier alpha value is -1.06. The van der Waals surface area contributed by atoms with Crippen LogP contribution in [0.3, 0.4) is 0 Å². The average Bonchev–Trinajstić information content (AvgIpc) is 1.83. The van der Waals surface area contributed by atoms with Gasteiger partial charge in [-0.2, -0.15) is 0 Å². The molecule has 12 heavy (non-hydrogen) atoms. The van der Waals surface area contributed by atoms with E-state index in [1.54, 1.807) is 13.8 Å². The highest BCUT2D eigenvalue weighted by molar-refractivity contribution is 5.79. The molecule has 0 saturated heterocycles. The molecular weight excluding hydrogens is 160 g/mol. The summed E-state index contributed by atoms with van der Waals surface area (Å²) in [5.74, 6) is -2.78. The van der Waals surface area contributed by atoms with Crippen molar-refractivity contribution >= 4 is 11.9 Å². The van der Waals surface area contributed by atoms with E-state index in [-0.39, 0.29) is 6.42 Å². The molecule has 1 rings (SSSR count). The summed E-state index contributed by atoms with van der Waals surface area (Å²) in [7, 11) is 0. The molecule has 4 heteroatoms. The first-order chi connectivity index (χ1) is 5.37. The van der Waals surface area contributed by atoms with Crippen molar-refractivity contribution in [2.75, 3.05) is 0 Å². The first kappa shape index (κ1) is 9.03. The fourth-order valence-electron chi connectivity index (χ4n) is 1.76. The molecule has 0 unspecified atom stereocenters. The molecule has 0 aromatic carbocycles. The first-order valence-corrected chi connectivity index (χ1v) is 3.83. The third kappa shape index (κ3) is 1.07. The van der Waals surface area contributed by atoms with Crippen molar-refractivity contribution in [2.24, 2.45) is 17.3 Å². The molecule has 0 spiro atoms. The van der Waals surface area contributed by atoms with E-state index in [1.807, 2.05) is 0 Å². The molecule has 4 nitrogen and oxygen atoms in total. The predicted molar refractivity (Wildman–Crippen MR) is 40.6 cm³/mol. The van der Waals surface area contributed by atoms with Crippen LogP contribution in [0.5, 0.6) is 0 Å². The normalized spacial score (nSPS) is 32.2. The Morgan fingerprint density at radius 2 is 1.50 bits per heavy atom. The van der Waals surface area contributed by atoms with Crippen molar-refractivity contribution in [3.8, 4) is 0 Å². The monoisotopic (exact) mass is 172 g/mol. The second-order valence-electron chi connectivity index (χ2n) is 3.84. The zero-order valence-corrected chi connectivity index (χ0v) is 7.07. The van der Waals surface area contributed by atoms with Gasteiger partial charge in [-0.05, 0) is 11.8 Å². The Morgan fingerprint density at radius 1 is 1.17 bits per heavy atom. The van der Waals surface area contributed by atoms with E-state index in [1.165, 1.54) is 0 Å². The maximum Gasteiger partial charge on any atom is 0.307 e. The molecule has 2 atom stereocenters. The van der Waals surface area contributed by atoms with Gasteiger partial charge in [0.1, 0.15) is 0 Å². The summed E-state index contributed by atoms with van der Waals surface area (Å²) in [6.45, 7) is 3.38. The molecule has 1 saturated carbocycles. The molecular formula is C8H12O4. The van der Waals surface area contributed by atoms with Crippen molar-refractivity contribution in [3.63, 3.8) is 0 Å². The Bertz CT molecular complexity index is 209. The van der Waals surface area contributed by atoms with Crippen LogP contribution in [0.25, 0.3) is 0 Å². The van der Waals surface area contributed by atoms with Crippen LogP contribution in [0, 0.1) is 17.3 Å². The van der Waals surface area contributed by atoms with Gasteiger partial charge in [0.05, 0.1) is 11.8 Å². The molecule has 1 fully saturated rings. The van der Waals surface area contributed by atoms with Gasteiger partial charge in [-0.15, -0.1) is 0 Å². The molecule has 0 amide bonds. The van der Waals surface area contributed by atoms with Crippen LogP contribution in [0.1, 0.15) is 20.3 Å². The minimum absolute atomic E-state index is 0.262. The average molecular weight is 172 g/mol. The predicted octanol–water partition coefficient (Wildman–Crippen LogP) is 0.818. The number of carboxylic acids is 2. The third-order valence-corrected chi connectivity index (χ3v) is 2.86. The van der Waals surface area contributed by atoms with E-state index in [0.29, 0.717) is 0 Å². The summed E-state index contributed by atoms with van der Waals surface area (Å²) in [6, 6.07) is 0. The quantitative estimate of drug-likeness (QED) is 0.646. The van der Waals surface area contributed by atoms with E-state index in [0.717, 1.165) is 0 Å². The van der Waals surface area contributed by atoms with E-state index in [2.05, 4.69) is 0 Å². The second-order valence-corrected chi connectivity index (χ2v) is 3.84. The lowest BCUT2D eigenvalue weighted by Crippen LogP contribution is -2.52. The van der Waals surface area contributed by atoms with Gasteiger partial charge in [-0.25, -0.2) is 0 Å². The smallest absolute Gasteiger partial charge is 0.307 e. The SMILES string of the molecule is CC1(C)[C@H](C(=O)O)C[C@H]1C(=O)O. The zero-order valence-electron chi connectivity index (χ0n) is 7.07. The standard InChI is InChI=1S/C8H12O4/c1-8(2)4(6(9)10)3-5(8)7(11)12/h4-5H,3H2,1-2H3,(H,9,10)(H,11,12)/t4-,5-/m0/s1. The molecule has 0 heterocycles. The van der Waals surface area contributed by atoms with Crippen LogP contribution in [-0.2, 0) is 9.59 Å². The van der Waals surface area contributed by atoms with E-state index >= 15 is 0 Å². The van der Waals surface area contributed by atoms with Crippen LogP contribution < -0.4 is 0 Å². The molecule has 0 radical (unpaired) electrons. The highest BCUT2D eigenvalue weighted by Crippen LogP contribution is 2.51. The Morgan fingerprint density at radius 3 is 1.67 bits per heavy atom. The highest BCUT2D eigenvalue weighted by Gasteiger charge is 2.55. The Labute approximate surface area is 70.2 Å². The van der Waals surface area contributed by atoms with Crippen molar-refractivity contribution < 1.29 is 19.8 Å². The summed E-state index contributed by atoms with van der Waals surface area (Å²) >= 11 is 0. The number of carbonyl (C=O) groups is 2. The Balaban J connectivity index is 2.72. The maximum absolute atomic E-state index is 10.6. The van der Waals surface area contributed by atoms with Gasteiger partial charge in [-0.3, -0.25) is 9.59 Å². The highest BCUT2D eigenvalue weighted by atomic mass is 16.4. The van der Waals surface area contributed by atoms with Gasteiger partial charge in [0.25, 0.3) is 0 Å². The van der Waals surface area contributed by atoms with Crippen LogP contribution in [0.4, 0.5) is 0 Å². The van der Waals surface area contributed by atoms with Crippen molar-refractivity contribution in [1.29, 1.82) is 0 Å². The number of hydrogen-bond donors (Lipinski definition) is 2. The van der Waals surface area contributed by atoms with Gasteiger partial charge < -0.3 is 10.2 Å². The van der Waals surface area contributed by atoms with Gasteiger partial charge in [0.15, 0.2) is 0 Å². The molecule has 0 aliphatic heterocycles. The molecule has 0 aromatic heterocycles. The molecule has 68 valence electrons. The molecule has 1 aliphatic rings. The topological polar surface area (TPSA) is 74.6 Å². The summed E-state index contributed by atoms with van der Waals surface area (Å²) in [4.78, 5) is 21.1. The van der Waals surface area contributed by atoms with E-state index in [4.69, 9.17) is 10.2 Å². The number of rotatable bonds is 2. The van der Waals surface area contributed by atoms with Crippen molar-refractivity contribution in [2.45, 2.75) is 20.3 Å². The van der Waals surface area contributed by atoms with Gasteiger partial charge >= 0.3 is 11.9 Å².